The molecule has 1 aliphatic rings. The number of rotatable bonds is 4. The van der Waals surface area contributed by atoms with E-state index in [9.17, 15) is 8.42 Å². The molecule has 0 N–H and O–H groups in total. The molecular formula is C8H16BrNO2S. The van der Waals surface area contributed by atoms with E-state index >= 15 is 0 Å². The summed E-state index contributed by atoms with van der Waals surface area (Å²) in [6.07, 6.45) is 1.82. The summed E-state index contributed by atoms with van der Waals surface area (Å²) in [4.78, 5) is 0. The van der Waals surface area contributed by atoms with Crippen molar-refractivity contribution < 1.29 is 8.42 Å². The molecule has 0 aromatic heterocycles. The summed E-state index contributed by atoms with van der Waals surface area (Å²) in [6, 6.07) is 0. The Labute approximate surface area is 88.7 Å². The molecule has 1 heterocycles. The third-order valence-electron chi connectivity index (χ3n) is 2.46. The number of halogens is 1. The maximum Gasteiger partial charge on any atom is 0.214 e. The summed E-state index contributed by atoms with van der Waals surface area (Å²) in [5, 5.41) is 0.884. The highest BCUT2D eigenvalue weighted by Crippen LogP contribution is 2.17. The van der Waals surface area contributed by atoms with Gasteiger partial charge in [-0.2, -0.15) is 0 Å². The van der Waals surface area contributed by atoms with Crippen molar-refractivity contribution in [3.05, 3.63) is 0 Å². The largest absolute Gasteiger partial charge is 0.214 e. The number of alkyl halides is 1. The molecule has 0 bridgehead atoms. The molecule has 0 saturated carbocycles. The molecule has 1 rings (SSSR count). The second-order valence-electron chi connectivity index (χ2n) is 3.46. The van der Waals surface area contributed by atoms with Gasteiger partial charge in [0.25, 0.3) is 0 Å². The van der Waals surface area contributed by atoms with E-state index in [-0.39, 0.29) is 0 Å². The Balaban J connectivity index is 2.53. The summed E-state index contributed by atoms with van der Waals surface area (Å²) in [6.45, 7) is 3.49. The van der Waals surface area contributed by atoms with Crippen LogP contribution < -0.4 is 0 Å². The molecule has 1 saturated heterocycles. The van der Waals surface area contributed by atoms with E-state index in [2.05, 4.69) is 22.9 Å². The highest BCUT2D eigenvalue weighted by atomic mass is 79.9. The lowest BCUT2D eigenvalue weighted by Crippen LogP contribution is -2.31. The van der Waals surface area contributed by atoms with Crippen LogP contribution in [0.5, 0.6) is 0 Å². The van der Waals surface area contributed by atoms with Gasteiger partial charge < -0.3 is 0 Å². The van der Waals surface area contributed by atoms with Crippen molar-refractivity contribution in [3.63, 3.8) is 0 Å². The molecule has 1 fully saturated rings. The smallest absolute Gasteiger partial charge is 0.212 e. The minimum Gasteiger partial charge on any atom is -0.212 e. The third kappa shape index (κ3) is 2.92. The maximum absolute atomic E-state index is 11.4. The minimum absolute atomic E-state index is 0.339. The van der Waals surface area contributed by atoms with Crippen LogP contribution in [0.2, 0.25) is 0 Å². The van der Waals surface area contributed by atoms with E-state index in [0.29, 0.717) is 24.8 Å². The summed E-state index contributed by atoms with van der Waals surface area (Å²) < 4.78 is 24.5. The third-order valence-corrected chi connectivity index (χ3v) is 5.30. The first kappa shape index (κ1) is 11.5. The summed E-state index contributed by atoms with van der Waals surface area (Å²) in [5.41, 5.74) is 0. The fourth-order valence-corrected chi connectivity index (χ4v) is 3.73. The summed E-state index contributed by atoms with van der Waals surface area (Å²) in [7, 11) is -2.89. The van der Waals surface area contributed by atoms with Crippen molar-refractivity contribution in [2.45, 2.75) is 19.8 Å². The highest BCUT2D eigenvalue weighted by molar-refractivity contribution is 9.09. The molecule has 0 radical (unpaired) electrons. The van der Waals surface area contributed by atoms with Crippen molar-refractivity contribution in [2.24, 2.45) is 5.92 Å². The second kappa shape index (κ2) is 4.75. The van der Waals surface area contributed by atoms with Crippen molar-refractivity contribution in [1.29, 1.82) is 0 Å². The van der Waals surface area contributed by atoms with Crippen LogP contribution in [-0.2, 0) is 10.0 Å². The normalized spacial score (nSPS) is 24.8. The predicted molar refractivity (Wildman–Crippen MR) is 57.6 cm³/mol. The first-order valence-electron chi connectivity index (χ1n) is 4.64. The summed E-state index contributed by atoms with van der Waals surface area (Å²) >= 11 is 3.40. The quantitative estimate of drug-likeness (QED) is 0.725. The molecular weight excluding hydrogens is 254 g/mol. The molecule has 1 atom stereocenters. The molecule has 3 nitrogen and oxygen atoms in total. The first-order chi connectivity index (χ1) is 6.10. The van der Waals surface area contributed by atoms with Gasteiger partial charge in [0.2, 0.25) is 10.0 Å². The number of hydrogen-bond acceptors (Lipinski definition) is 2. The highest BCUT2D eigenvalue weighted by Gasteiger charge is 2.29. The number of sulfonamides is 1. The Morgan fingerprint density at radius 1 is 1.54 bits per heavy atom. The molecule has 5 heteroatoms. The fourth-order valence-electron chi connectivity index (χ4n) is 1.47. The average Bonchev–Trinajstić information content (AvgIpc) is 2.41. The molecule has 13 heavy (non-hydrogen) atoms. The topological polar surface area (TPSA) is 37.4 Å². The van der Waals surface area contributed by atoms with E-state index in [0.717, 1.165) is 18.2 Å². The summed E-state index contributed by atoms with van der Waals surface area (Å²) in [5.74, 6) is 0.791. The van der Waals surface area contributed by atoms with E-state index in [1.54, 1.807) is 4.31 Å². The number of nitrogens with zero attached hydrogens (tertiary/aromatic N) is 1. The van der Waals surface area contributed by atoms with Crippen molar-refractivity contribution >= 4 is 26.0 Å². The van der Waals surface area contributed by atoms with E-state index in [1.807, 2.05) is 0 Å². The van der Waals surface area contributed by atoms with Crippen molar-refractivity contribution in [2.75, 3.05) is 24.2 Å². The van der Waals surface area contributed by atoms with E-state index < -0.39 is 10.0 Å². The average molecular weight is 270 g/mol. The van der Waals surface area contributed by atoms with E-state index in [4.69, 9.17) is 0 Å². The van der Waals surface area contributed by atoms with Crippen LogP contribution in [0.15, 0.2) is 0 Å². The van der Waals surface area contributed by atoms with Gasteiger partial charge in [0.15, 0.2) is 0 Å². The Morgan fingerprint density at radius 3 is 2.62 bits per heavy atom. The van der Waals surface area contributed by atoms with Crippen molar-refractivity contribution in [3.8, 4) is 0 Å². The Kier molecular flexibility index (Phi) is 4.19. The monoisotopic (exact) mass is 269 g/mol. The van der Waals surface area contributed by atoms with Gasteiger partial charge in [0, 0.05) is 18.4 Å². The first-order valence-corrected chi connectivity index (χ1v) is 7.37. The Bertz CT molecular complexity index is 249. The van der Waals surface area contributed by atoms with Crippen LogP contribution in [-0.4, -0.2) is 36.9 Å². The second-order valence-corrected chi connectivity index (χ2v) is 6.19. The standard InChI is InChI=1S/C8H16BrNO2S/c1-2-8(6-9)7-10-4-3-5-13(10,11)12/h8H,2-7H2,1H3. The maximum atomic E-state index is 11.4. The predicted octanol–water partition coefficient (Wildman–Crippen LogP) is 1.44. The Hall–Kier alpha value is 0.390. The lowest BCUT2D eigenvalue weighted by atomic mass is 10.1. The zero-order valence-electron chi connectivity index (χ0n) is 7.87. The van der Waals surface area contributed by atoms with Crippen LogP contribution in [0.25, 0.3) is 0 Å². The van der Waals surface area contributed by atoms with Crippen molar-refractivity contribution in [1.82, 2.24) is 4.31 Å². The van der Waals surface area contributed by atoms with Crippen LogP contribution in [0.3, 0.4) is 0 Å². The van der Waals surface area contributed by atoms with Crippen LogP contribution in [0.1, 0.15) is 19.8 Å². The zero-order valence-corrected chi connectivity index (χ0v) is 10.3. The zero-order chi connectivity index (χ0) is 9.90. The molecule has 0 spiro atoms. The van der Waals surface area contributed by atoms with Crippen LogP contribution in [0.4, 0.5) is 0 Å². The molecule has 0 aromatic carbocycles. The lowest BCUT2D eigenvalue weighted by Gasteiger charge is -2.19. The lowest BCUT2D eigenvalue weighted by molar-refractivity contribution is 0.376. The molecule has 0 amide bonds. The van der Waals surface area contributed by atoms with E-state index in [1.165, 1.54) is 0 Å². The Morgan fingerprint density at radius 2 is 2.23 bits per heavy atom. The van der Waals surface area contributed by atoms with Gasteiger partial charge in [-0.05, 0) is 12.3 Å². The van der Waals surface area contributed by atoms with Crippen LogP contribution in [0, 0.1) is 5.92 Å². The molecule has 78 valence electrons. The molecule has 0 aromatic rings. The molecule has 0 aliphatic carbocycles. The fraction of sp³-hybridized carbons (Fsp3) is 1.00. The van der Waals surface area contributed by atoms with Gasteiger partial charge in [-0.25, -0.2) is 12.7 Å². The van der Waals surface area contributed by atoms with Crippen LogP contribution >= 0.6 is 15.9 Å². The van der Waals surface area contributed by atoms with Gasteiger partial charge in [-0.3, -0.25) is 0 Å². The van der Waals surface area contributed by atoms with Gasteiger partial charge in [-0.1, -0.05) is 29.3 Å². The van der Waals surface area contributed by atoms with Gasteiger partial charge >= 0.3 is 0 Å². The minimum atomic E-state index is -2.89. The van der Waals surface area contributed by atoms with Gasteiger partial charge in [0.05, 0.1) is 5.75 Å². The van der Waals surface area contributed by atoms with Gasteiger partial charge in [-0.15, -0.1) is 0 Å². The number of hydrogen-bond donors (Lipinski definition) is 0. The molecule has 1 unspecified atom stereocenters. The van der Waals surface area contributed by atoms with Gasteiger partial charge in [0.1, 0.15) is 0 Å². The molecule has 1 aliphatic heterocycles. The SMILES string of the molecule is CCC(CBr)CN1CCCS1(=O)=O.